The van der Waals surface area contributed by atoms with Crippen molar-refractivity contribution in [3.63, 3.8) is 0 Å². The van der Waals surface area contributed by atoms with Gasteiger partial charge in [0.1, 0.15) is 5.54 Å². The van der Waals surface area contributed by atoms with Crippen LogP contribution in [-0.2, 0) is 4.79 Å². The standard InChI is InChI=1S/C12H22N2O3/c1-4-5-8-14(3)11(17)13-12(2,10(15)16)9-6-7-9/h9H,4-8H2,1-3H3,(H,13,17)(H,15,16). The van der Waals surface area contributed by atoms with Gasteiger partial charge in [-0.3, -0.25) is 0 Å². The smallest absolute Gasteiger partial charge is 0.329 e. The van der Waals surface area contributed by atoms with E-state index in [4.69, 9.17) is 0 Å². The molecule has 1 aliphatic rings. The summed E-state index contributed by atoms with van der Waals surface area (Å²) < 4.78 is 0. The number of carbonyl (C=O) groups is 2. The van der Waals surface area contributed by atoms with Crippen LogP contribution in [0.25, 0.3) is 0 Å². The van der Waals surface area contributed by atoms with Gasteiger partial charge in [0, 0.05) is 13.6 Å². The van der Waals surface area contributed by atoms with Crippen molar-refractivity contribution in [2.75, 3.05) is 13.6 Å². The number of hydrogen-bond acceptors (Lipinski definition) is 2. The first kappa shape index (κ1) is 13.8. The maximum absolute atomic E-state index is 11.9. The number of unbranched alkanes of at least 4 members (excludes halogenated alkanes) is 1. The van der Waals surface area contributed by atoms with Crippen LogP contribution < -0.4 is 5.32 Å². The fourth-order valence-electron chi connectivity index (χ4n) is 1.81. The molecule has 0 bridgehead atoms. The van der Waals surface area contributed by atoms with E-state index in [1.54, 1.807) is 18.9 Å². The van der Waals surface area contributed by atoms with Gasteiger partial charge in [-0.2, -0.15) is 0 Å². The lowest BCUT2D eigenvalue weighted by atomic mass is 9.96. The van der Waals surface area contributed by atoms with Gasteiger partial charge < -0.3 is 15.3 Å². The second-order valence-corrected chi connectivity index (χ2v) is 4.99. The number of aliphatic carboxylic acids is 1. The molecule has 1 rings (SSSR count). The largest absolute Gasteiger partial charge is 0.480 e. The number of carbonyl (C=O) groups excluding carboxylic acids is 1. The Morgan fingerprint density at radius 2 is 2.06 bits per heavy atom. The van der Waals surface area contributed by atoms with E-state index in [1.807, 2.05) is 0 Å². The summed E-state index contributed by atoms with van der Waals surface area (Å²) in [5.74, 6) is -0.874. The van der Waals surface area contributed by atoms with Crippen molar-refractivity contribution in [2.24, 2.45) is 5.92 Å². The van der Waals surface area contributed by atoms with E-state index in [9.17, 15) is 14.7 Å². The van der Waals surface area contributed by atoms with Crippen LogP contribution >= 0.6 is 0 Å². The zero-order chi connectivity index (χ0) is 13.1. The van der Waals surface area contributed by atoms with Gasteiger partial charge in [-0.05, 0) is 32.1 Å². The molecule has 1 unspecified atom stereocenters. The van der Waals surface area contributed by atoms with Crippen molar-refractivity contribution < 1.29 is 14.7 Å². The monoisotopic (exact) mass is 242 g/mol. The lowest BCUT2D eigenvalue weighted by Gasteiger charge is -2.29. The quantitative estimate of drug-likeness (QED) is 0.744. The van der Waals surface area contributed by atoms with Gasteiger partial charge in [0.15, 0.2) is 0 Å². The van der Waals surface area contributed by atoms with Crippen LogP contribution in [0.15, 0.2) is 0 Å². The highest BCUT2D eigenvalue weighted by Crippen LogP contribution is 2.39. The lowest BCUT2D eigenvalue weighted by molar-refractivity contribution is -0.144. The molecule has 1 saturated carbocycles. The van der Waals surface area contributed by atoms with Gasteiger partial charge in [-0.25, -0.2) is 9.59 Å². The maximum Gasteiger partial charge on any atom is 0.329 e. The van der Waals surface area contributed by atoms with Crippen LogP contribution in [0.4, 0.5) is 4.79 Å². The van der Waals surface area contributed by atoms with Crippen LogP contribution in [-0.4, -0.2) is 41.1 Å². The number of amides is 2. The fraction of sp³-hybridized carbons (Fsp3) is 0.833. The van der Waals surface area contributed by atoms with E-state index < -0.39 is 11.5 Å². The summed E-state index contributed by atoms with van der Waals surface area (Å²) in [5.41, 5.74) is -1.11. The van der Waals surface area contributed by atoms with E-state index in [0.29, 0.717) is 6.54 Å². The Balaban J connectivity index is 2.55. The average Bonchev–Trinajstić information content (AvgIpc) is 3.09. The summed E-state index contributed by atoms with van der Waals surface area (Å²) in [6, 6.07) is -0.296. The number of nitrogens with zero attached hydrogens (tertiary/aromatic N) is 1. The molecule has 1 atom stereocenters. The zero-order valence-corrected chi connectivity index (χ0v) is 10.8. The second-order valence-electron chi connectivity index (χ2n) is 4.99. The number of rotatable bonds is 6. The topological polar surface area (TPSA) is 69.6 Å². The molecule has 0 aromatic heterocycles. The Kier molecular flexibility index (Phi) is 4.37. The number of hydrogen-bond donors (Lipinski definition) is 2. The molecule has 17 heavy (non-hydrogen) atoms. The summed E-state index contributed by atoms with van der Waals surface area (Å²) >= 11 is 0. The molecule has 0 spiro atoms. The molecule has 1 aliphatic carbocycles. The first-order valence-electron chi connectivity index (χ1n) is 6.18. The maximum atomic E-state index is 11.9. The number of urea groups is 1. The molecule has 2 N–H and O–H groups in total. The number of carboxylic acids is 1. The van der Waals surface area contributed by atoms with E-state index in [2.05, 4.69) is 12.2 Å². The Morgan fingerprint density at radius 1 is 1.47 bits per heavy atom. The van der Waals surface area contributed by atoms with Gasteiger partial charge in [-0.1, -0.05) is 13.3 Å². The molecule has 1 fully saturated rings. The number of nitrogens with one attached hydrogen (secondary N) is 1. The first-order chi connectivity index (χ1) is 7.91. The summed E-state index contributed by atoms with van der Waals surface area (Å²) in [4.78, 5) is 24.6. The fourth-order valence-corrected chi connectivity index (χ4v) is 1.81. The summed E-state index contributed by atoms with van der Waals surface area (Å²) in [5, 5.41) is 11.9. The molecule has 0 saturated heterocycles. The van der Waals surface area contributed by atoms with Crippen LogP contribution in [0.1, 0.15) is 39.5 Å². The minimum absolute atomic E-state index is 0.0727. The van der Waals surface area contributed by atoms with Crippen molar-refractivity contribution in [2.45, 2.75) is 45.1 Å². The highest BCUT2D eigenvalue weighted by atomic mass is 16.4. The molecule has 0 aliphatic heterocycles. The molecule has 0 aromatic carbocycles. The molecule has 5 nitrogen and oxygen atoms in total. The van der Waals surface area contributed by atoms with E-state index in [-0.39, 0.29) is 11.9 Å². The molecule has 0 radical (unpaired) electrons. The predicted molar refractivity (Wildman–Crippen MR) is 64.8 cm³/mol. The molecular weight excluding hydrogens is 220 g/mol. The van der Waals surface area contributed by atoms with Gasteiger partial charge in [0.2, 0.25) is 0 Å². The molecule has 98 valence electrons. The van der Waals surface area contributed by atoms with Crippen LogP contribution in [0.2, 0.25) is 0 Å². The van der Waals surface area contributed by atoms with E-state index in [0.717, 1.165) is 25.7 Å². The third-order valence-corrected chi connectivity index (χ3v) is 3.40. The Morgan fingerprint density at radius 3 is 2.47 bits per heavy atom. The van der Waals surface area contributed by atoms with Crippen molar-refractivity contribution in [3.8, 4) is 0 Å². The third kappa shape index (κ3) is 3.35. The number of carboxylic acid groups (broad SMARTS) is 1. The minimum atomic E-state index is -1.11. The summed E-state index contributed by atoms with van der Waals surface area (Å²) in [7, 11) is 1.69. The van der Waals surface area contributed by atoms with Crippen LogP contribution in [0, 0.1) is 5.92 Å². The van der Waals surface area contributed by atoms with Crippen molar-refractivity contribution in [1.29, 1.82) is 0 Å². The van der Waals surface area contributed by atoms with E-state index in [1.165, 1.54) is 0 Å². The second kappa shape index (κ2) is 5.38. The van der Waals surface area contributed by atoms with Gasteiger partial charge in [0.05, 0.1) is 0 Å². The third-order valence-electron chi connectivity index (χ3n) is 3.40. The SMILES string of the molecule is CCCCN(C)C(=O)NC(C)(C(=O)O)C1CC1. The van der Waals surface area contributed by atoms with Gasteiger partial charge in [-0.15, -0.1) is 0 Å². The molecule has 0 heterocycles. The minimum Gasteiger partial charge on any atom is -0.480 e. The van der Waals surface area contributed by atoms with Crippen LogP contribution in [0.3, 0.4) is 0 Å². The highest BCUT2D eigenvalue weighted by molar-refractivity contribution is 5.86. The lowest BCUT2D eigenvalue weighted by Crippen LogP contribution is -2.57. The normalized spacial score (nSPS) is 18.3. The van der Waals surface area contributed by atoms with Crippen molar-refractivity contribution >= 4 is 12.0 Å². The average molecular weight is 242 g/mol. The Hall–Kier alpha value is -1.26. The first-order valence-corrected chi connectivity index (χ1v) is 6.18. The van der Waals surface area contributed by atoms with Crippen molar-refractivity contribution in [3.05, 3.63) is 0 Å². The zero-order valence-electron chi connectivity index (χ0n) is 10.8. The highest BCUT2D eigenvalue weighted by Gasteiger charge is 2.48. The Bertz CT molecular complexity index is 302. The molecule has 5 heteroatoms. The molecular formula is C12H22N2O3. The summed E-state index contributed by atoms with van der Waals surface area (Å²) in [6.07, 6.45) is 3.69. The predicted octanol–water partition coefficient (Wildman–Crippen LogP) is 1.68. The van der Waals surface area contributed by atoms with Gasteiger partial charge >= 0.3 is 12.0 Å². The van der Waals surface area contributed by atoms with Gasteiger partial charge in [0.25, 0.3) is 0 Å². The molecule has 0 aromatic rings. The van der Waals surface area contributed by atoms with Crippen molar-refractivity contribution in [1.82, 2.24) is 10.2 Å². The van der Waals surface area contributed by atoms with Crippen LogP contribution in [0.5, 0.6) is 0 Å². The molecule has 2 amide bonds. The summed E-state index contributed by atoms with van der Waals surface area (Å²) in [6.45, 7) is 4.30. The van der Waals surface area contributed by atoms with E-state index >= 15 is 0 Å². The Labute approximate surface area is 102 Å².